The van der Waals surface area contributed by atoms with Gasteiger partial charge in [0.05, 0.1) is 18.9 Å². The number of unbranched alkanes of at least 4 members (excludes halogenated alkanes) is 1. The predicted octanol–water partition coefficient (Wildman–Crippen LogP) is 5.84. The van der Waals surface area contributed by atoms with Crippen LogP contribution in [0.4, 0.5) is 4.39 Å². The van der Waals surface area contributed by atoms with E-state index in [4.69, 9.17) is 9.47 Å². The number of amides is 1. The molecular formula is C31H32FN3O5S. The Morgan fingerprint density at radius 2 is 1.73 bits per heavy atom. The predicted molar refractivity (Wildman–Crippen MR) is 154 cm³/mol. The lowest BCUT2D eigenvalue weighted by molar-refractivity contribution is 0.0976. The molecule has 2 aromatic carbocycles. The zero-order valence-corrected chi connectivity index (χ0v) is 23.7. The molecule has 10 heteroatoms. The summed E-state index contributed by atoms with van der Waals surface area (Å²) in [6.45, 7) is 4.63. The topological polar surface area (TPSA) is 107 Å². The quantitative estimate of drug-likeness (QED) is 0.199. The van der Waals surface area contributed by atoms with E-state index < -0.39 is 21.7 Å². The number of aryl methyl sites for hydroxylation is 1. The Balaban J connectivity index is 1.57. The van der Waals surface area contributed by atoms with Crippen molar-refractivity contribution in [3.63, 3.8) is 0 Å². The number of aromatic nitrogens is 2. The number of hydrogen-bond acceptors (Lipinski definition) is 7. The molecule has 214 valence electrons. The van der Waals surface area contributed by atoms with Gasteiger partial charge in [-0.2, -0.15) is 8.42 Å². The summed E-state index contributed by atoms with van der Waals surface area (Å²) in [6, 6.07) is 21.5. The molecule has 2 aromatic heterocycles. The third-order valence-corrected chi connectivity index (χ3v) is 7.18. The molecule has 0 atom stereocenters. The van der Waals surface area contributed by atoms with Crippen molar-refractivity contribution in [1.82, 2.24) is 14.7 Å². The van der Waals surface area contributed by atoms with Gasteiger partial charge in [0.15, 0.2) is 5.03 Å². The molecule has 4 aromatic rings. The van der Waals surface area contributed by atoms with E-state index in [9.17, 15) is 17.6 Å². The minimum absolute atomic E-state index is 0.0650. The molecule has 1 amide bonds. The highest BCUT2D eigenvalue weighted by atomic mass is 32.2. The fourth-order valence-corrected chi connectivity index (χ4v) is 4.84. The van der Waals surface area contributed by atoms with Crippen LogP contribution >= 0.6 is 0 Å². The average Bonchev–Trinajstić information content (AvgIpc) is 2.96. The maximum Gasteiger partial charge on any atom is 0.281 e. The Labute approximate surface area is 239 Å². The maximum absolute atomic E-state index is 14.4. The molecule has 0 spiro atoms. The van der Waals surface area contributed by atoms with Crippen LogP contribution in [-0.4, -0.2) is 37.5 Å². The fourth-order valence-electron chi connectivity index (χ4n) is 3.92. The molecule has 0 aliphatic rings. The lowest BCUT2D eigenvalue weighted by Crippen LogP contribution is -2.31. The molecule has 2 heterocycles. The highest BCUT2D eigenvalue weighted by Gasteiger charge is 2.23. The number of rotatable bonds is 13. The van der Waals surface area contributed by atoms with Gasteiger partial charge in [0.2, 0.25) is 5.88 Å². The minimum atomic E-state index is -4.23. The van der Waals surface area contributed by atoms with Crippen LogP contribution in [0.2, 0.25) is 0 Å². The Bertz CT molecular complexity index is 1570. The Hall–Kier alpha value is -4.31. The van der Waals surface area contributed by atoms with Crippen LogP contribution in [0.3, 0.4) is 0 Å². The molecule has 0 aliphatic carbocycles. The highest BCUT2D eigenvalue weighted by Crippen LogP contribution is 2.28. The number of pyridine rings is 2. The summed E-state index contributed by atoms with van der Waals surface area (Å²) in [4.78, 5) is 21.4. The summed E-state index contributed by atoms with van der Waals surface area (Å²) in [5.41, 5.74) is 1.88. The van der Waals surface area contributed by atoms with Crippen LogP contribution in [0, 0.1) is 11.7 Å². The molecule has 0 saturated carbocycles. The molecular weight excluding hydrogens is 545 g/mol. The second-order valence-corrected chi connectivity index (χ2v) is 11.5. The van der Waals surface area contributed by atoms with Crippen LogP contribution in [0.1, 0.15) is 42.6 Å². The van der Waals surface area contributed by atoms with Crippen molar-refractivity contribution in [1.29, 1.82) is 0 Å². The van der Waals surface area contributed by atoms with Crippen LogP contribution in [0.5, 0.6) is 11.6 Å². The van der Waals surface area contributed by atoms with Crippen molar-refractivity contribution in [2.24, 2.45) is 5.92 Å². The van der Waals surface area contributed by atoms with E-state index in [1.54, 1.807) is 12.1 Å². The van der Waals surface area contributed by atoms with Crippen molar-refractivity contribution < 1.29 is 27.1 Å². The zero-order chi connectivity index (χ0) is 29.2. The standard InChI is InChI=1S/C31H32FN3O5S/c1-22(2)21-40-26-19-24(18-25(32)20-26)28-15-14-27(30(36)35-41(37,38)29-13-6-8-16-33-29)31(34-28)39-17-9-7-12-23-10-4-3-5-11-23/h3-6,8,10-11,13-16,18-20,22H,7,9,12,17,21H2,1-2H3,(H,35,36). The van der Waals surface area contributed by atoms with E-state index in [-0.39, 0.29) is 29.0 Å². The van der Waals surface area contributed by atoms with Crippen LogP contribution in [0.25, 0.3) is 11.3 Å². The number of benzene rings is 2. The monoisotopic (exact) mass is 577 g/mol. The van der Waals surface area contributed by atoms with Crippen molar-refractivity contribution in [2.75, 3.05) is 13.2 Å². The first-order chi connectivity index (χ1) is 19.7. The largest absolute Gasteiger partial charge is 0.493 e. The van der Waals surface area contributed by atoms with Crippen molar-refractivity contribution in [2.45, 2.75) is 38.1 Å². The van der Waals surface area contributed by atoms with Gasteiger partial charge in [0, 0.05) is 17.8 Å². The normalized spacial score (nSPS) is 11.3. The van der Waals surface area contributed by atoms with Crippen LogP contribution in [-0.2, 0) is 16.4 Å². The second-order valence-electron chi connectivity index (χ2n) is 9.82. The molecule has 0 saturated heterocycles. The summed E-state index contributed by atoms with van der Waals surface area (Å²) in [5.74, 6) is -0.891. The van der Waals surface area contributed by atoms with Gasteiger partial charge in [-0.1, -0.05) is 50.2 Å². The summed E-state index contributed by atoms with van der Waals surface area (Å²) in [7, 11) is -4.23. The van der Waals surface area contributed by atoms with Gasteiger partial charge >= 0.3 is 0 Å². The van der Waals surface area contributed by atoms with Crippen molar-refractivity contribution >= 4 is 15.9 Å². The van der Waals surface area contributed by atoms with E-state index in [1.165, 1.54) is 48.2 Å². The summed E-state index contributed by atoms with van der Waals surface area (Å²) < 4.78 is 53.5. The van der Waals surface area contributed by atoms with Gasteiger partial charge in [-0.25, -0.2) is 19.1 Å². The number of halogens is 1. The van der Waals surface area contributed by atoms with Crippen molar-refractivity contribution in [3.05, 3.63) is 102 Å². The molecule has 0 radical (unpaired) electrons. The van der Waals surface area contributed by atoms with Crippen molar-refractivity contribution in [3.8, 4) is 22.9 Å². The SMILES string of the molecule is CC(C)COc1cc(F)cc(-c2ccc(C(=O)NS(=O)(=O)c3ccccn3)c(OCCCCc3ccccc3)n2)c1. The Morgan fingerprint density at radius 1 is 0.951 bits per heavy atom. The molecule has 0 bridgehead atoms. The van der Waals surface area contributed by atoms with Gasteiger partial charge in [0.1, 0.15) is 17.1 Å². The summed E-state index contributed by atoms with van der Waals surface area (Å²) >= 11 is 0. The summed E-state index contributed by atoms with van der Waals surface area (Å²) in [6.07, 6.45) is 3.67. The van der Waals surface area contributed by atoms with E-state index in [0.29, 0.717) is 30.0 Å². The van der Waals surface area contributed by atoms with Gasteiger partial charge in [-0.3, -0.25) is 4.79 Å². The molecule has 1 N–H and O–H groups in total. The minimum Gasteiger partial charge on any atom is -0.493 e. The fraction of sp³-hybridized carbons (Fsp3) is 0.258. The number of sulfonamides is 1. The average molecular weight is 578 g/mol. The van der Waals surface area contributed by atoms with Crippen LogP contribution < -0.4 is 14.2 Å². The maximum atomic E-state index is 14.4. The third kappa shape index (κ3) is 8.59. The van der Waals surface area contributed by atoms with E-state index in [1.807, 2.05) is 36.8 Å². The number of nitrogens with zero attached hydrogens (tertiary/aromatic N) is 2. The molecule has 8 nitrogen and oxygen atoms in total. The number of hydrogen-bond donors (Lipinski definition) is 1. The number of carbonyl (C=O) groups excluding carboxylic acids is 1. The zero-order valence-electron chi connectivity index (χ0n) is 22.9. The number of nitrogens with one attached hydrogen (secondary N) is 1. The van der Waals surface area contributed by atoms with Gasteiger partial charge in [-0.05, 0) is 67.1 Å². The van der Waals surface area contributed by atoms with Crippen LogP contribution in [0.15, 0.2) is 90.1 Å². The van der Waals surface area contributed by atoms with E-state index in [2.05, 4.69) is 22.1 Å². The Morgan fingerprint density at radius 3 is 2.46 bits per heavy atom. The van der Waals surface area contributed by atoms with Gasteiger partial charge < -0.3 is 9.47 Å². The first kappa shape index (κ1) is 29.7. The molecule has 4 rings (SSSR count). The molecule has 0 aliphatic heterocycles. The molecule has 0 fully saturated rings. The number of carbonyl (C=O) groups is 1. The van der Waals surface area contributed by atoms with E-state index in [0.717, 1.165) is 12.8 Å². The second kappa shape index (κ2) is 13.8. The van der Waals surface area contributed by atoms with Gasteiger partial charge in [0.25, 0.3) is 15.9 Å². The van der Waals surface area contributed by atoms with Gasteiger partial charge in [-0.15, -0.1) is 0 Å². The molecule has 41 heavy (non-hydrogen) atoms. The lowest BCUT2D eigenvalue weighted by atomic mass is 10.1. The first-order valence-corrected chi connectivity index (χ1v) is 14.8. The number of ether oxygens (including phenoxy) is 2. The first-order valence-electron chi connectivity index (χ1n) is 13.3. The summed E-state index contributed by atoms with van der Waals surface area (Å²) in [5, 5.41) is -0.296. The smallest absolute Gasteiger partial charge is 0.281 e. The lowest BCUT2D eigenvalue weighted by Gasteiger charge is -2.14. The highest BCUT2D eigenvalue weighted by molar-refractivity contribution is 7.90. The van der Waals surface area contributed by atoms with E-state index >= 15 is 0 Å². The molecule has 0 unspecified atom stereocenters. The Kier molecular flexibility index (Phi) is 10.0. The third-order valence-electron chi connectivity index (χ3n) is 5.94.